The van der Waals surface area contributed by atoms with Gasteiger partial charge in [-0.15, -0.1) is 0 Å². The van der Waals surface area contributed by atoms with Gasteiger partial charge in [0.15, 0.2) is 0 Å². The first-order valence-electron chi connectivity index (χ1n) is 6.81. The van der Waals surface area contributed by atoms with E-state index < -0.39 is 24.4 Å². The molecule has 1 unspecified atom stereocenters. The van der Waals surface area contributed by atoms with E-state index in [1.807, 2.05) is 27.7 Å². The molecule has 1 aliphatic rings. The Bertz CT molecular complexity index is 489. The standard InChI is InChI=1S/C14H21BClNO3/c1-9(18)8-10-11(16)6-7-17-12(10)15-19-13(2,3)14(4,5)20-15/h6-7,9,18H,8H2,1-5H3. The second-order valence-corrected chi connectivity index (χ2v) is 6.71. The second kappa shape index (κ2) is 5.30. The molecule has 2 heterocycles. The lowest BCUT2D eigenvalue weighted by molar-refractivity contribution is 0.00578. The average molecular weight is 298 g/mol. The summed E-state index contributed by atoms with van der Waals surface area (Å²) in [4.78, 5) is 4.36. The smallest absolute Gasteiger partial charge is 0.398 e. The van der Waals surface area contributed by atoms with Crippen LogP contribution in [0.2, 0.25) is 5.02 Å². The molecular formula is C14H21BClNO3. The number of pyridine rings is 1. The molecule has 0 amide bonds. The second-order valence-electron chi connectivity index (χ2n) is 6.30. The van der Waals surface area contributed by atoms with Gasteiger partial charge < -0.3 is 14.4 Å². The summed E-state index contributed by atoms with van der Waals surface area (Å²) >= 11 is 6.23. The minimum Gasteiger partial charge on any atom is -0.398 e. The topological polar surface area (TPSA) is 51.6 Å². The van der Waals surface area contributed by atoms with Gasteiger partial charge in [0.2, 0.25) is 0 Å². The van der Waals surface area contributed by atoms with E-state index in [9.17, 15) is 5.11 Å². The van der Waals surface area contributed by atoms with Gasteiger partial charge in [-0.05, 0) is 46.2 Å². The third-order valence-corrected chi connectivity index (χ3v) is 4.36. The molecule has 1 fully saturated rings. The summed E-state index contributed by atoms with van der Waals surface area (Å²) in [6.07, 6.45) is 1.55. The van der Waals surface area contributed by atoms with Gasteiger partial charge in [0.1, 0.15) is 0 Å². The van der Waals surface area contributed by atoms with Crippen LogP contribution in [0.3, 0.4) is 0 Å². The molecule has 0 spiro atoms. The molecule has 0 bridgehead atoms. The molecule has 0 saturated carbocycles. The van der Waals surface area contributed by atoms with Crippen LogP contribution in [0, 0.1) is 0 Å². The monoisotopic (exact) mass is 297 g/mol. The predicted octanol–water partition coefficient (Wildman–Crippen LogP) is 1.96. The minimum absolute atomic E-state index is 0.423. The average Bonchev–Trinajstić information content (AvgIpc) is 2.50. The van der Waals surface area contributed by atoms with Crippen LogP contribution in [0.15, 0.2) is 12.3 Å². The van der Waals surface area contributed by atoms with Crippen LogP contribution >= 0.6 is 11.6 Å². The number of aliphatic hydroxyl groups excluding tert-OH is 1. The van der Waals surface area contributed by atoms with Crippen molar-refractivity contribution in [2.75, 3.05) is 0 Å². The molecular weight excluding hydrogens is 276 g/mol. The first-order chi connectivity index (χ1) is 9.14. The molecule has 1 atom stereocenters. The van der Waals surface area contributed by atoms with Crippen LogP contribution in [-0.4, -0.2) is 34.5 Å². The van der Waals surface area contributed by atoms with Crippen molar-refractivity contribution >= 4 is 24.3 Å². The quantitative estimate of drug-likeness (QED) is 0.867. The Balaban J connectivity index is 2.37. The van der Waals surface area contributed by atoms with Crippen molar-refractivity contribution in [1.29, 1.82) is 0 Å². The highest BCUT2D eigenvalue weighted by atomic mass is 35.5. The van der Waals surface area contributed by atoms with E-state index >= 15 is 0 Å². The summed E-state index contributed by atoms with van der Waals surface area (Å²) in [7, 11) is -0.563. The van der Waals surface area contributed by atoms with Crippen molar-refractivity contribution in [3.8, 4) is 0 Å². The van der Waals surface area contributed by atoms with Crippen molar-refractivity contribution in [2.45, 2.75) is 58.3 Å². The molecule has 0 aliphatic carbocycles. The summed E-state index contributed by atoms with van der Waals surface area (Å²) in [6, 6.07) is 1.72. The van der Waals surface area contributed by atoms with E-state index in [2.05, 4.69) is 4.98 Å². The van der Waals surface area contributed by atoms with Gasteiger partial charge in [-0.1, -0.05) is 11.6 Å². The first kappa shape index (κ1) is 15.8. The first-order valence-corrected chi connectivity index (χ1v) is 7.19. The number of rotatable bonds is 3. The van der Waals surface area contributed by atoms with E-state index in [-0.39, 0.29) is 0 Å². The number of aliphatic hydroxyl groups is 1. The fourth-order valence-electron chi connectivity index (χ4n) is 2.14. The zero-order valence-electron chi connectivity index (χ0n) is 12.6. The zero-order chi connectivity index (χ0) is 15.1. The van der Waals surface area contributed by atoms with Gasteiger partial charge in [-0.3, -0.25) is 4.98 Å². The molecule has 1 aromatic heterocycles. The maximum atomic E-state index is 9.63. The Morgan fingerprint density at radius 1 is 1.30 bits per heavy atom. The van der Waals surface area contributed by atoms with Gasteiger partial charge in [0, 0.05) is 17.6 Å². The van der Waals surface area contributed by atoms with Gasteiger partial charge in [0.25, 0.3) is 0 Å². The Morgan fingerprint density at radius 3 is 2.35 bits per heavy atom. The summed E-state index contributed by atoms with van der Waals surface area (Å²) in [5, 5.41) is 10.2. The van der Waals surface area contributed by atoms with Crippen molar-refractivity contribution in [3.63, 3.8) is 0 Å². The van der Waals surface area contributed by atoms with Crippen LogP contribution in [0.4, 0.5) is 0 Å². The largest absolute Gasteiger partial charge is 0.514 e. The molecule has 2 rings (SSSR count). The van der Waals surface area contributed by atoms with Crippen LogP contribution < -0.4 is 5.59 Å². The van der Waals surface area contributed by atoms with Crippen molar-refractivity contribution < 1.29 is 14.4 Å². The number of hydrogen-bond acceptors (Lipinski definition) is 4. The van der Waals surface area contributed by atoms with Crippen molar-refractivity contribution in [2.24, 2.45) is 0 Å². The highest BCUT2D eigenvalue weighted by Crippen LogP contribution is 2.36. The lowest BCUT2D eigenvalue weighted by Gasteiger charge is -2.32. The summed E-state index contributed by atoms with van der Waals surface area (Å²) < 4.78 is 12.0. The molecule has 4 nitrogen and oxygen atoms in total. The molecule has 0 aromatic carbocycles. The summed E-state index contributed by atoms with van der Waals surface area (Å²) in [5.41, 5.74) is 0.577. The molecule has 1 N–H and O–H groups in total. The number of nitrogens with zero attached hydrogens (tertiary/aromatic N) is 1. The molecule has 110 valence electrons. The molecule has 20 heavy (non-hydrogen) atoms. The maximum absolute atomic E-state index is 9.63. The fourth-order valence-corrected chi connectivity index (χ4v) is 2.37. The van der Waals surface area contributed by atoms with Crippen molar-refractivity contribution in [1.82, 2.24) is 4.98 Å². The molecule has 0 radical (unpaired) electrons. The maximum Gasteiger partial charge on any atom is 0.514 e. The molecule has 1 aliphatic heterocycles. The fraction of sp³-hybridized carbons (Fsp3) is 0.643. The van der Waals surface area contributed by atoms with E-state index in [0.717, 1.165) is 5.56 Å². The minimum atomic E-state index is -0.563. The lowest BCUT2D eigenvalue weighted by Crippen LogP contribution is -2.41. The molecule has 1 aromatic rings. The van der Waals surface area contributed by atoms with Gasteiger partial charge in [0.05, 0.1) is 22.9 Å². The third kappa shape index (κ3) is 2.86. The summed E-state index contributed by atoms with van der Waals surface area (Å²) in [6.45, 7) is 9.69. The normalized spacial score (nSPS) is 22.1. The van der Waals surface area contributed by atoms with E-state index in [0.29, 0.717) is 17.0 Å². The number of halogens is 1. The Kier molecular flexibility index (Phi) is 4.18. The van der Waals surface area contributed by atoms with E-state index in [1.165, 1.54) is 0 Å². The van der Waals surface area contributed by atoms with Gasteiger partial charge in [-0.25, -0.2) is 0 Å². The van der Waals surface area contributed by atoms with Gasteiger partial charge in [-0.2, -0.15) is 0 Å². The Hall–Kier alpha value is -0.615. The Morgan fingerprint density at radius 2 is 1.85 bits per heavy atom. The SMILES string of the molecule is CC(O)Cc1c(Cl)ccnc1B1OC(C)(C)C(C)(C)O1. The third-order valence-electron chi connectivity index (χ3n) is 4.01. The summed E-state index contributed by atoms with van der Waals surface area (Å²) in [5.74, 6) is 0. The number of aromatic nitrogens is 1. The van der Waals surface area contributed by atoms with E-state index in [4.69, 9.17) is 20.9 Å². The zero-order valence-corrected chi connectivity index (χ0v) is 13.4. The van der Waals surface area contributed by atoms with Crippen LogP contribution in [-0.2, 0) is 15.7 Å². The van der Waals surface area contributed by atoms with Crippen molar-refractivity contribution in [3.05, 3.63) is 22.8 Å². The Labute approximate surface area is 125 Å². The predicted molar refractivity (Wildman–Crippen MR) is 80.3 cm³/mol. The number of hydrogen-bond donors (Lipinski definition) is 1. The highest BCUT2D eigenvalue weighted by molar-refractivity contribution is 6.62. The molecule has 6 heteroatoms. The lowest BCUT2D eigenvalue weighted by atomic mass is 9.79. The van der Waals surface area contributed by atoms with Crippen LogP contribution in [0.5, 0.6) is 0 Å². The van der Waals surface area contributed by atoms with Crippen LogP contribution in [0.25, 0.3) is 0 Å². The highest BCUT2D eigenvalue weighted by Gasteiger charge is 2.53. The molecule has 1 saturated heterocycles. The van der Waals surface area contributed by atoms with E-state index in [1.54, 1.807) is 19.2 Å². The van der Waals surface area contributed by atoms with Crippen LogP contribution in [0.1, 0.15) is 40.2 Å². The van der Waals surface area contributed by atoms with Gasteiger partial charge >= 0.3 is 7.12 Å².